The van der Waals surface area contributed by atoms with Gasteiger partial charge in [0, 0.05) is 5.41 Å². The van der Waals surface area contributed by atoms with E-state index < -0.39 is 0 Å². The van der Waals surface area contributed by atoms with Crippen LogP contribution in [0.25, 0.3) is 0 Å². The van der Waals surface area contributed by atoms with Gasteiger partial charge in [-0.05, 0) is 57.0 Å². The minimum absolute atomic E-state index is 0.310. The summed E-state index contributed by atoms with van der Waals surface area (Å²) in [4.78, 5) is 0. The lowest BCUT2D eigenvalue weighted by Crippen LogP contribution is -2.47. The average Bonchev–Trinajstić information content (AvgIpc) is 2.28. The van der Waals surface area contributed by atoms with Crippen molar-refractivity contribution in [3.8, 4) is 0 Å². The van der Waals surface area contributed by atoms with Gasteiger partial charge in [0.2, 0.25) is 4.38 Å². The summed E-state index contributed by atoms with van der Waals surface area (Å²) in [6, 6.07) is 0. The number of aliphatic hydroxyl groups is 1. The van der Waals surface area contributed by atoms with Gasteiger partial charge in [-0.25, -0.2) is 0 Å². The Morgan fingerprint density at radius 3 is 2.27 bits per heavy atom. The van der Waals surface area contributed by atoms with Crippen LogP contribution in [-0.2, 0) is 4.74 Å². The van der Waals surface area contributed by atoms with Gasteiger partial charge in [-0.1, -0.05) is 11.8 Å². The largest absolute Gasteiger partial charge is 0.478 e. The average molecular weight is 246 g/mol. The number of hydrogen-bond acceptors (Lipinski definition) is 4. The molecule has 0 spiro atoms. The third kappa shape index (κ3) is 2.48. The van der Waals surface area contributed by atoms with E-state index in [-0.39, 0.29) is 5.60 Å². The molecule has 86 valence electrons. The fraction of sp³-hybridized carbons (Fsp3) is 0.909. The summed E-state index contributed by atoms with van der Waals surface area (Å²) < 4.78 is 6.24. The van der Waals surface area contributed by atoms with E-state index in [9.17, 15) is 5.11 Å². The van der Waals surface area contributed by atoms with Gasteiger partial charge in [0.1, 0.15) is 0 Å². The Bertz CT molecular complexity index is 241. The van der Waals surface area contributed by atoms with Crippen molar-refractivity contribution in [2.24, 2.45) is 5.41 Å². The zero-order valence-corrected chi connectivity index (χ0v) is 10.8. The highest BCUT2D eigenvalue weighted by Crippen LogP contribution is 2.52. The van der Waals surface area contributed by atoms with Gasteiger partial charge in [-0.2, -0.15) is 0 Å². The highest BCUT2D eigenvalue weighted by atomic mass is 32.2. The molecule has 2 bridgehead atoms. The van der Waals surface area contributed by atoms with Gasteiger partial charge >= 0.3 is 0 Å². The van der Waals surface area contributed by atoms with Crippen molar-refractivity contribution in [3.63, 3.8) is 0 Å². The second-order valence-corrected chi connectivity index (χ2v) is 6.38. The maximum atomic E-state index is 10.1. The number of thiocarbonyl (C=S) groups is 1. The van der Waals surface area contributed by atoms with Crippen molar-refractivity contribution in [2.45, 2.75) is 44.1 Å². The zero-order chi connectivity index (χ0) is 10.9. The van der Waals surface area contributed by atoms with Crippen molar-refractivity contribution in [2.75, 3.05) is 12.9 Å². The van der Waals surface area contributed by atoms with Crippen LogP contribution < -0.4 is 0 Å². The molecule has 0 amide bonds. The fourth-order valence-electron chi connectivity index (χ4n) is 2.73. The minimum Gasteiger partial charge on any atom is -0.478 e. The summed E-state index contributed by atoms with van der Waals surface area (Å²) in [5.41, 5.74) is -0.0357. The van der Waals surface area contributed by atoms with E-state index >= 15 is 0 Å². The molecule has 0 radical (unpaired) electrons. The molecule has 0 aromatic carbocycles. The summed E-state index contributed by atoms with van der Waals surface area (Å²) in [6.45, 7) is 0.753. The molecule has 0 aromatic rings. The van der Waals surface area contributed by atoms with Crippen LogP contribution in [0.2, 0.25) is 0 Å². The van der Waals surface area contributed by atoms with Crippen molar-refractivity contribution in [1.29, 1.82) is 0 Å². The van der Waals surface area contributed by atoms with Gasteiger partial charge in [0.15, 0.2) is 0 Å². The highest BCUT2D eigenvalue weighted by Gasteiger charge is 2.48. The van der Waals surface area contributed by atoms with Crippen molar-refractivity contribution in [3.05, 3.63) is 0 Å². The Morgan fingerprint density at radius 1 is 1.27 bits per heavy atom. The normalized spacial score (nSPS) is 39.1. The molecule has 4 heteroatoms. The molecule has 2 nitrogen and oxygen atoms in total. The monoisotopic (exact) mass is 246 g/mol. The van der Waals surface area contributed by atoms with Crippen molar-refractivity contribution >= 4 is 28.4 Å². The van der Waals surface area contributed by atoms with E-state index in [2.05, 4.69) is 0 Å². The maximum absolute atomic E-state index is 10.1. The minimum atomic E-state index is -0.345. The van der Waals surface area contributed by atoms with Crippen LogP contribution in [0.1, 0.15) is 38.5 Å². The highest BCUT2D eigenvalue weighted by molar-refractivity contribution is 8.22. The third-order valence-corrected chi connectivity index (χ3v) is 5.09. The van der Waals surface area contributed by atoms with Crippen LogP contribution >= 0.6 is 24.0 Å². The second kappa shape index (κ2) is 4.22. The standard InChI is InChI=1S/C11H18O2S2/c1-15-9(14)13-8-10-2-5-11(12,6-3-10)7-4-10/h12H,2-8H2,1H3. The van der Waals surface area contributed by atoms with Crippen LogP contribution in [0.5, 0.6) is 0 Å². The molecule has 0 unspecified atom stereocenters. The molecular formula is C11H18O2S2. The fourth-order valence-corrected chi connectivity index (χ4v) is 2.97. The summed E-state index contributed by atoms with van der Waals surface area (Å²) in [5.74, 6) is 0. The number of thioether (sulfide) groups is 1. The molecule has 0 saturated heterocycles. The molecule has 1 N–H and O–H groups in total. The second-order valence-electron chi connectivity index (χ2n) is 4.97. The predicted octanol–water partition coefficient (Wildman–Crippen LogP) is 2.74. The Hall–Kier alpha value is 0.200. The predicted molar refractivity (Wildman–Crippen MR) is 67.1 cm³/mol. The topological polar surface area (TPSA) is 29.5 Å². The summed E-state index contributed by atoms with van der Waals surface area (Å²) in [7, 11) is 0. The third-order valence-electron chi connectivity index (χ3n) is 4.02. The lowest BCUT2D eigenvalue weighted by atomic mass is 9.59. The molecule has 3 aliphatic carbocycles. The SMILES string of the molecule is CSC(=S)OCC12CCC(O)(CC1)CC2. The summed E-state index contributed by atoms with van der Waals surface area (Å²) in [6.07, 6.45) is 8.08. The number of hydrogen-bond donors (Lipinski definition) is 1. The molecular weight excluding hydrogens is 228 g/mol. The van der Waals surface area contributed by atoms with E-state index in [4.69, 9.17) is 17.0 Å². The Morgan fingerprint density at radius 2 is 1.80 bits per heavy atom. The van der Waals surface area contributed by atoms with Gasteiger partial charge < -0.3 is 9.84 Å². The lowest BCUT2D eigenvalue weighted by molar-refractivity contribution is -0.104. The van der Waals surface area contributed by atoms with Crippen LogP contribution in [0.3, 0.4) is 0 Å². The van der Waals surface area contributed by atoms with Crippen molar-refractivity contribution < 1.29 is 9.84 Å². The molecule has 3 fully saturated rings. The smallest absolute Gasteiger partial charge is 0.219 e. The van der Waals surface area contributed by atoms with E-state index in [1.54, 1.807) is 0 Å². The molecule has 3 aliphatic rings. The lowest BCUT2D eigenvalue weighted by Gasteiger charge is -2.50. The first-order valence-corrected chi connectivity index (χ1v) is 7.14. The van der Waals surface area contributed by atoms with Crippen LogP contribution in [0, 0.1) is 5.41 Å². The Labute approximate surface area is 101 Å². The quantitative estimate of drug-likeness (QED) is 0.759. The van der Waals surface area contributed by atoms with E-state index in [1.165, 1.54) is 11.8 Å². The molecule has 0 atom stereocenters. The Balaban J connectivity index is 1.89. The molecule has 3 saturated carbocycles. The van der Waals surface area contributed by atoms with Crippen LogP contribution in [0.4, 0.5) is 0 Å². The van der Waals surface area contributed by atoms with E-state index in [0.29, 0.717) is 9.80 Å². The molecule has 3 rings (SSSR count). The van der Waals surface area contributed by atoms with Gasteiger partial charge in [0.05, 0.1) is 12.2 Å². The number of fused-ring (bicyclic) bond motifs is 3. The zero-order valence-electron chi connectivity index (χ0n) is 9.12. The van der Waals surface area contributed by atoms with E-state index in [0.717, 1.165) is 45.1 Å². The molecule has 0 aromatic heterocycles. The van der Waals surface area contributed by atoms with Crippen LogP contribution in [0.15, 0.2) is 0 Å². The van der Waals surface area contributed by atoms with Crippen LogP contribution in [-0.4, -0.2) is 28.0 Å². The van der Waals surface area contributed by atoms with Gasteiger partial charge in [-0.15, -0.1) is 0 Å². The van der Waals surface area contributed by atoms with E-state index in [1.807, 2.05) is 6.26 Å². The maximum Gasteiger partial charge on any atom is 0.219 e. The molecule has 15 heavy (non-hydrogen) atoms. The molecule has 0 heterocycles. The number of rotatable bonds is 2. The first-order valence-electron chi connectivity index (χ1n) is 5.51. The van der Waals surface area contributed by atoms with Crippen molar-refractivity contribution in [1.82, 2.24) is 0 Å². The molecule has 0 aliphatic heterocycles. The summed E-state index contributed by atoms with van der Waals surface area (Å²) >= 11 is 6.54. The first-order chi connectivity index (χ1) is 7.08. The Kier molecular flexibility index (Phi) is 3.29. The summed E-state index contributed by atoms with van der Waals surface area (Å²) in [5, 5.41) is 10.1. The van der Waals surface area contributed by atoms with Gasteiger partial charge in [-0.3, -0.25) is 0 Å². The number of ether oxygens (including phenoxy) is 1. The first kappa shape index (κ1) is 11.7. The van der Waals surface area contributed by atoms with Gasteiger partial charge in [0.25, 0.3) is 0 Å².